The van der Waals surface area contributed by atoms with Crippen LogP contribution in [0, 0.1) is 13.8 Å². The fraction of sp³-hybridized carbons (Fsp3) is 0.158. The lowest BCUT2D eigenvalue weighted by Gasteiger charge is -2.02. The van der Waals surface area contributed by atoms with E-state index in [9.17, 15) is 4.79 Å². The van der Waals surface area contributed by atoms with Gasteiger partial charge in [0.15, 0.2) is 5.82 Å². The van der Waals surface area contributed by atoms with E-state index in [1.807, 2.05) is 38.1 Å². The van der Waals surface area contributed by atoms with E-state index in [0.717, 1.165) is 27.7 Å². The molecule has 0 atom stereocenters. The molecule has 3 heterocycles. The Morgan fingerprint density at radius 3 is 2.88 bits per heavy atom. The normalized spacial score (nSPS) is 11.0. The number of aromatic amines is 2. The lowest BCUT2D eigenvalue weighted by molar-refractivity contribution is -0.115. The van der Waals surface area contributed by atoms with Crippen LogP contribution >= 0.6 is 0 Å². The fourth-order valence-corrected chi connectivity index (χ4v) is 2.99. The summed E-state index contributed by atoms with van der Waals surface area (Å²) in [5.74, 6) is 0.589. The molecular formula is C19H18N6O. The van der Waals surface area contributed by atoms with Gasteiger partial charge in [-0.15, -0.1) is 5.10 Å². The Kier molecular flexibility index (Phi) is 3.96. The molecule has 26 heavy (non-hydrogen) atoms. The molecule has 0 saturated heterocycles. The van der Waals surface area contributed by atoms with Crippen molar-refractivity contribution in [3.8, 4) is 11.5 Å². The molecule has 0 fully saturated rings. The van der Waals surface area contributed by atoms with E-state index in [-0.39, 0.29) is 18.3 Å². The van der Waals surface area contributed by atoms with Gasteiger partial charge in [-0.25, -0.2) is 0 Å². The summed E-state index contributed by atoms with van der Waals surface area (Å²) >= 11 is 0. The van der Waals surface area contributed by atoms with Gasteiger partial charge < -0.3 is 4.98 Å². The van der Waals surface area contributed by atoms with Gasteiger partial charge >= 0.3 is 0 Å². The molecule has 130 valence electrons. The van der Waals surface area contributed by atoms with Gasteiger partial charge in [-0.1, -0.05) is 17.7 Å². The summed E-state index contributed by atoms with van der Waals surface area (Å²) in [4.78, 5) is 24.3. The van der Waals surface area contributed by atoms with Gasteiger partial charge in [0.25, 0.3) is 0 Å². The fourth-order valence-electron chi connectivity index (χ4n) is 2.99. The van der Waals surface area contributed by atoms with Gasteiger partial charge in [0.05, 0.1) is 6.42 Å². The van der Waals surface area contributed by atoms with Crippen LogP contribution in [0.3, 0.4) is 0 Å². The predicted molar refractivity (Wildman–Crippen MR) is 99.7 cm³/mol. The third kappa shape index (κ3) is 3.06. The van der Waals surface area contributed by atoms with Crippen molar-refractivity contribution in [2.24, 2.45) is 0 Å². The highest BCUT2D eigenvalue weighted by atomic mass is 16.1. The number of aromatic nitrogens is 5. The molecule has 1 amide bonds. The number of nitrogens with one attached hydrogen (secondary N) is 3. The smallest absolute Gasteiger partial charge is 0.249 e. The number of nitrogens with zero attached hydrogens (tertiary/aromatic N) is 3. The van der Waals surface area contributed by atoms with Crippen LogP contribution in [0.15, 0.2) is 42.6 Å². The molecule has 3 aromatic heterocycles. The number of hydrogen-bond acceptors (Lipinski definition) is 4. The number of amides is 1. The van der Waals surface area contributed by atoms with E-state index in [1.165, 1.54) is 0 Å². The van der Waals surface area contributed by atoms with Gasteiger partial charge in [0.2, 0.25) is 11.9 Å². The molecule has 0 spiro atoms. The zero-order valence-corrected chi connectivity index (χ0v) is 14.5. The number of rotatable bonds is 4. The number of aryl methyl sites for hydroxylation is 2. The van der Waals surface area contributed by atoms with Crippen molar-refractivity contribution in [3.05, 3.63) is 59.4 Å². The molecule has 0 aliphatic heterocycles. The molecule has 0 bridgehead atoms. The molecule has 7 nitrogen and oxygen atoms in total. The number of benzene rings is 1. The van der Waals surface area contributed by atoms with Crippen molar-refractivity contribution in [2.75, 3.05) is 5.32 Å². The van der Waals surface area contributed by atoms with E-state index in [1.54, 1.807) is 6.20 Å². The van der Waals surface area contributed by atoms with Crippen LogP contribution in [0.5, 0.6) is 0 Å². The Hall–Kier alpha value is -3.48. The highest BCUT2D eigenvalue weighted by Gasteiger charge is 2.15. The topological polar surface area (TPSA) is 99.3 Å². The summed E-state index contributed by atoms with van der Waals surface area (Å²) in [6.07, 6.45) is 1.93. The van der Waals surface area contributed by atoms with Crippen molar-refractivity contribution in [1.82, 2.24) is 25.1 Å². The molecule has 0 aliphatic carbocycles. The van der Waals surface area contributed by atoms with E-state index in [4.69, 9.17) is 0 Å². The number of anilines is 1. The second-order valence-electron chi connectivity index (χ2n) is 6.23. The quantitative estimate of drug-likeness (QED) is 0.528. The molecular weight excluding hydrogens is 328 g/mol. The van der Waals surface area contributed by atoms with Crippen LogP contribution in [0.2, 0.25) is 0 Å². The third-order valence-electron chi connectivity index (χ3n) is 4.26. The lowest BCUT2D eigenvalue weighted by atomic mass is 10.1. The van der Waals surface area contributed by atoms with Crippen LogP contribution in [-0.2, 0) is 11.2 Å². The Balaban J connectivity index is 1.52. The van der Waals surface area contributed by atoms with Crippen LogP contribution in [0.25, 0.3) is 22.4 Å². The van der Waals surface area contributed by atoms with Gasteiger partial charge in [0, 0.05) is 22.8 Å². The number of carbonyl (C=O) groups is 1. The van der Waals surface area contributed by atoms with Gasteiger partial charge in [-0.05, 0) is 43.7 Å². The molecule has 0 saturated carbocycles. The van der Waals surface area contributed by atoms with Crippen LogP contribution < -0.4 is 5.32 Å². The standard InChI is InChI=1S/C19H18N6O/c1-11-6-7-15-14(9-11)13(12(2)21-15)10-17(26)22-19-23-18(24-25-19)16-5-3-4-8-20-16/h3-9,21H,10H2,1-2H3,(H2,22,23,24,25,26). The van der Waals surface area contributed by atoms with Crippen LogP contribution in [0.4, 0.5) is 5.95 Å². The van der Waals surface area contributed by atoms with Crippen LogP contribution in [0.1, 0.15) is 16.8 Å². The molecule has 0 unspecified atom stereocenters. The Bertz CT molecular complexity index is 1080. The first-order chi connectivity index (χ1) is 12.6. The predicted octanol–water partition coefficient (Wildman–Crippen LogP) is 3.15. The molecule has 7 heteroatoms. The number of fused-ring (bicyclic) bond motifs is 1. The van der Waals surface area contributed by atoms with Gasteiger partial charge in [-0.2, -0.15) is 4.98 Å². The maximum atomic E-state index is 12.5. The number of carbonyl (C=O) groups excluding carboxylic acids is 1. The van der Waals surface area contributed by atoms with Crippen molar-refractivity contribution >= 4 is 22.8 Å². The Labute approximate surface area is 149 Å². The van der Waals surface area contributed by atoms with E-state index < -0.39 is 0 Å². The Morgan fingerprint density at radius 2 is 2.08 bits per heavy atom. The second-order valence-corrected chi connectivity index (χ2v) is 6.23. The number of H-pyrrole nitrogens is 2. The zero-order chi connectivity index (χ0) is 18.1. The summed E-state index contributed by atoms with van der Waals surface area (Å²) in [6.45, 7) is 4.02. The summed E-state index contributed by atoms with van der Waals surface area (Å²) in [6, 6.07) is 11.7. The van der Waals surface area contributed by atoms with Crippen molar-refractivity contribution in [3.63, 3.8) is 0 Å². The van der Waals surface area contributed by atoms with E-state index in [0.29, 0.717) is 11.5 Å². The summed E-state index contributed by atoms with van der Waals surface area (Å²) in [5, 5.41) is 10.6. The molecule has 4 aromatic rings. The lowest BCUT2D eigenvalue weighted by Crippen LogP contribution is -2.15. The first-order valence-electron chi connectivity index (χ1n) is 8.31. The van der Waals surface area contributed by atoms with Gasteiger partial charge in [-0.3, -0.25) is 20.2 Å². The number of pyridine rings is 1. The molecule has 0 radical (unpaired) electrons. The third-order valence-corrected chi connectivity index (χ3v) is 4.26. The second kappa shape index (κ2) is 6.44. The summed E-state index contributed by atoms with van der Waals surface area (Å²) in [7, 11) is 0. The van der Waals surface area contributed by atoms with E-state index >= 15 is 0 Å². The first-order valence-corrected chi connectivity index (χ1v) is 8.31. The van der Waals surface area contributed by atoms with Crippen molar-refractivity contribution < 1.29 is 4.79 Å². The summed E-state index contributed by atoms with van der Waals surface area (Å²) < 4.78 is 0. The maximum Gasteiger partial charge on any atom is 0.249 e. The minimum atomic E-state index is -0.165. The highest BCUT2D eigenvalue weighted by Crippen LogP contribution is 2.24. The average Bonchev–Trinajstić information content (AvgIpc) is 3.21. The SMILES string of the molecule is Cc1ccc2[nH]c(C)c(CC(=O)Nc3n[nH]c(-c4ccccn4)n3)c2c1. The molecule has 1 aromatic carbocycles. The molecule has 3 N–H and O–H groups in total. The number of hydrogen-bond donors (Lipinski definition) is 3. The minimum Gasteiger partial charge on any atom is -0.358 e. The minimum absolute atomic E-state index is 0.165. The average molecular weight is 346 g/mol. The highest BCUT2D eigenvalue weighted by molar-refractivity contribution is 5.95. The molecule has 0 aliphatic rings. The van der Waals surface area contributed by atoms with Crippen molar-refractivity contribution in [2.45, 2.75) is 20.3 Å². The first kappa shape index (κ1) is 16.0. The monoisotopic (exact) mass is 346 g/mol. The van der Waals surface area contributed by atoms with Crippen molar-refractivity contribution in [1.29, 1.82) is 0 Å². The van der Waals surface area contributed by atoms with Gasteiger partial charge in [0.1, 0.15) is 5.69 Å². The Morgan fingerprint density at radius 1 is 1.19 bits per heavy atom. The van der Waals surface area contributed by atoms with E-state index in [2.05, 4.69) is 42.6 Å². The van der Waals surface area contributed by atoms with Crippen LogP contribution in [-0.4, -0.2) is 31.1 Å². The maximum absolute atomic E-state index is 12.5. The zero-order valence-electron chi connectivity index (χ0n) is 14.5. The largest absolute Gasteiger partial charge is 0.358 e. The molecule has 4 rings (SSSR count). The summed E-state index contributed by atoms with van der Waals surface area (Å²) in [5.41, 5.74) is 4.84.